The molecule has 0 unspecified atom stereocenters. The summed E-state index contributed by atoms with van der Waals surface area (Å²) in [4.78, 5) is 36.3. The van der Waals surface area contributed by atoms with E-state index in [0.29, 0.717) is 39.8 Å². The van der Waals surface area contributed by atoms with Gasteiger partial charge in [0.2, 0.25) is 0 Å². The van der Waals surface area contributed by atoms with Crippen molar-refractivity contribution >= 4 is 35.6 Å². The van der Waals surface area contributed by atoms with Gasteiger partial charge in [0.1, 0.15) is 11.5 Å². The molecule has 0 aliphatic heterocycles. The van der Waals surface area contributed by atoms with Crippen LogP contribution in [0.15, 0.2) is 77.9 Å². The number of hydrazone groups is 1. The number of benzene rings is 3. The first-order chi connectivity index (χ1) is 16.4. The number of hydrogen-bond acceptors (Lipinski definition) is 6. The highest BCUT2D eigenvalue weighted by Crippen LogP contribution is 2.16. The van der Waals surface area contributed by atoms with E-state index in [9.17, 15) is 14.4 Å². The maximum absolute atomic E-state index is 12.2. The molecule has 0 bridgehead atoms. The number of amides is 2. The minimum Gasteiger partial charge on any atom is -0.494 e. The van der Waals surface area contributed by atoms with Crippen molar-refractivity contribution in [2.75, 3.05) is 13.2 Å². The van der Waals surface area contributed by atoms with E-state index in [1.165, 1.54) is 6.21 Å². The lowest BCUT2D eigenvalue weighted by Crippen LogP contribution is -2.34. The Kier molecular flexibility index (Phi) is 8.76. The predicted octanol–water partition coefficient (Wildman–Crippen LogP) is 3.84. The van der Waals surface area contributed by atoms with Gasteiger partial charge in [-0.3, -0.25) is 9.59 Å². The van der Waals surface area contributed by atoms with Crippen molar-refractivity contribution in [3.05, 3.63) is 94.5 Å². The zero-order valence-electron chi connectivity index (χ0n) is 18.3. The lowest BCUT2D eigenvalue weighted by atomic mass is 10.2. The second kappa shape index (κ2) is 12.2. The first kappa shape index (κ1) is 24.5. The fourth-order valence-electron chi connectivity index (χ4n) is 2.76. The van der Waals surface area contributed by atoms with E-state index in [-0.39, 0.29) is 6.54 Å². The summed E-state index contributed by atoms with van der Waals surface area (Å²) in [5.41, 5.74) is 3.70. The number of carbonyl (C=O) groups excluding carboxylic acids is 3. The van der Waals surface area contributed by atoms with Gasteiger partial charge in [-0.15, -0.1) is 0 Å². The van der Waals surface area contributed by atoms with E-state index in [2.05, 4.69) is 15.8 Å². The molecule has 0 heterocycles. The molecule has 0 aliphatic rings. The number of rotatable bonds is 9. The van der Waals surface area contributed by atoms with Crippen LogP contribution in [0.1, 0.15) is 33.2 Å². The van der Waals surface area contributed by atoms with Gasteiger partial charge in [-0.1, -0.05) is 23.7 Å². The first-order valence-electron chi connectivity index (χ1n) is 10.4. The van der Waals surface area contributed by atoms with Crippen molar-refractivity contribution in [3.63, 3.8) is 0 Å². The molecule has 3 aromatic carbocycles. The molecule has 0 fully saturated rings. The molecule has 0 radical (unpaired) electrons. The van der Waals surface area contributed by atoms with Crippen LogP contribution in [0.25, 0.3) is 0 Å². The molecule has 0 saturated carbocycles. The summed E-state index contributed by atoms with van der Waals surface area (Å²) >= 11 is 5.82. The molecular formula is C25H22ClN3O5. The summed E-state index contributed by atoms with van der Waals surface area (Å²) in [6, 6.07) is 19.6. The van der Waals surface area contributed by atoms with Crippen LogP contribution in [0, 0.1) is 0 Å². The van der Waals surface area contributed by atoms with Crippen LogP contribution in [-0.2, 0) is 4.79 Å². The van der Waals surface area contributed by atoms with Crippen molar-refractivity contribution in [1.82, 2.24) is 10.7 Å². The van der Waals surface area contributed by atoms with Crippen LogP contribution in [-0.4, -0.2) is 37.1 Å². The second-order valence-corrected chi connectivity index (χ2v) is 7.34. The van der Waals surface area contributed by atoms with Gasteiger partial charge in [-0.05, 0) is 73.2 Å². The number of hydrogen-bond donors (Lipinski definition) is 2. The normalized spacial score (nSPS) is 10.5. The van der Waals surface area contributed by atoms with Gasteiger partial charge >= 0.3 is 5.97 Å². The number of halogens is 1. The molecule has 34 heavy (non-hydrogen) atoms. The average Bonchev–Trinajstić information content (AvgIpc) is 2.84. The fraction of sp³-hybridized carbons (Fsp3) is 0.120. The first-order valence-corrected chi connectivity index (χ1v) is 10.7. The Morgan fingerprint density at radius 2 is 1.65 bits per heavy atom. The summed E-state index contributed by atoms with van der Waals surface area (Å²) in [6.45, 7) is 2.16. The summed E-state index contributed by atoms with van der Waals surface area (Å²) in [6.07, 6.45) is 1.39. The summed E-state index contributed by atoms with van der Waals surface area (Å²) in [5, 5.41) is 6.90. The van der Waals surface area contributed by atoms with E-state index in [0.717, 1.165) is 0 Å². The van der Waals surface area contributed by atoms with Gasteiger partial charge in [0, 0.05) is 10.6 Å². The number of nitrogens with one attached hydrogen (secondary N) is 2. The van der Waals surface area contributed by atoms with Crippen LogP contribution in [0.5, 0.6) is 11.5 Å². The molecule has 2 N–H and O–H groups in total. The lowest BCUT2D eigenvalue weighted by molar-refractivity contribution is -0.120. The molecule has 0 aromatic heterocycles. The molecule has 8 nitrogen and oxygen atoms in total. The number of carbonyl (C=O) groups is 3. The minimum atomic E-state index is -0.526. The van der Waals surface area contributed by atoms with Gasteiger partial charge < -0.3 is 14.8 Å². The van der Waals surface area contributed by atoms with Crippen molar-refractivity contribution in [3.8, 4) is 11.5 Å². The highest BCUT2D eigenvalue weighted by Gasteiger charge is 2.09. The quantitative estimate of drug-likeness (QED) is 0.210. The summed E-state index contributed by atoms with van der Waals surface area (Å²) in [5.74, 6) is -0.437. The van der Waals surface area contributed by atoms with Gasteiger partial charge in [0.25, 0.3) is 11.8 Å². The third-order valence-electron chi connectivity index (χ3n) is 4.39. The zero-order chi connectivity index (χ0) is 24.3. The third-order valence-corrected chi connectivity index (χ3v) is 4.64. The molecule has 2 amide bonds. The van der Waals surface area contributed by atoms with Gasteiger partial charge in [-0.2, -0.15) is 5.10 Å². The smallest absolute Gasteiger partial charge is 0.343 e. The van der Waals surface area contributed by atoms with Crippen molar-refractivity contribution in [2.45, 2.75) is 6.92 Å². The van der Waals surface area contributed by atoms with Crippen LogP contribution >= 0.6 is 11.6 Å². The third kappa shape index (κ3) is 7.46. The average molecular weight is 480 g/mol. The van der Waals surface area contributed by atoms with Crippen molar-refractivity contribution in [2.24, 2.45) is 5.10 Å². The number of esters is 1. The van der Waals surface area contributed by atoms with Crippen molar-refractivity contribution < 1.29 is 23.9 Å². The Balaban J connectivity index is 1.47. The number of nitrogens with zero attached hydrogens (tertiary/aromatic N) is 1. The SMILES string of the molecule is CCOc1ccc(C(=O)NCC(=O)NN=Cc2cccc(OC(=O)c3ccc(Cl)cc3)c2)cc1. The standard InChI is InChI=1S/C25H22ClN3O5/c1-2-33-21-12-8-18(9-13-21)24(31)27-16-23(30)29-28-15-17-4-3-5-22(14-17)34-25(32)19-6-10-20(26)11-7-19/h3-15H,2,16H2,1H3,(H,27,31)(H,29,30). The minimum absolute atomic E-state index is 0.248. The Morgan fingerprint density at radius 3 is 2.35 bits per heavy atom. The maximum Gasteiger partial charge on any atom is 0.343 e. The molecular weight excluding hydrogens is 458 g/mol. The fourth-order valence-corrected chi connectivity index (χ4v) is 2.89. The van der Waals surface area contributed by atoms with Gasteiger partial charge in [0.15, 0.2) is 0 Å². The molecule has 0 saturated heterocycles. The molecule has 174 valence electrons. The van der Waals surface area contributed by atoms with E-state index < -0.39 is 17.8 Å². The Bertz CT molecular complexity index is 1180. The van der Waals surface area contributed by atoms with Gasteiger partial charge in [0.05, 0.1) is 24.9 Å². The zero-order valence-corrected chi connectivity index (χ0v) is 19.0. The molecule has 3 aromatic rings. The largest absolute Gasteiger partial charge is 0.494 e. The van der Waals surface area contributed by atoms with Crippen LogP contribution in [0.4, 0.5) is 0 Å². The van der Waals surface area contributed by atoms with E-state index in [4.69, 9.17) is 21.1 Å². The topological polar surface area (TPSA) is 106 Å². The number of ether oxygens (including phenoxy) is 2. The monoisotopic (exact) mass is 479 g/mol. The molecule has 0 atom stereocenters. The van der Waals surface area contributed by atoms with Crippen LogP contribution in [0.2, 0.25) is 5.02 Å². The van der Waals surface area contributed by atoms with E-state index in [1.54, 1.807) is 72.8 Å². The van der Waals surface area contributed by atoms with Crippen LogP contribution < -0.4 is 20.2 Å². The Hall–Kier alpha value is -4.17. The maximum atomic E-state index is 12.2. The summed E-state index contributed by atoms with van der Waals surface area (Å²) < 4.78 is 10.7. The highest BCUT2D eigenvalue weighted by atomic mass is 35.5. The second-order valence-electron chi connectivity index (χ2n) is 6.90. The van der Waals surface area contributed by atoms with E-state index in [1.807, 2.05) is 6.92 Å². The molecule has 0 spiro atoms. The lowest BCUT2D eigenvalue weighted by Gasteiger charge is -2.06. The summed E-state index contributed by atoms with van der Waals surface area (Å²) in [7, 11) is 0. The molecule has 0 aliphatic carbocycles. The predicted molar refractivity (Wildman–Crippen MR) is 129 cm³/mol. The highest BCUT2D eigenvalue weighted by molar-refractivity contribution is 6.30. The Labute approximate surface area is 201 Å². The van der Waals surface area contributed by atoms with Gasteiger partial charge in [-0.25, -0.2) is 10.2 Å². The van der Waals surface area contributed by atoms with Crippen LogP contribution in [0.3, 0.4) is 0 Å². The van der Waals surface area contributed by atoms with E-state index >= 15 is 0 Å². The molecule has 9 heteroatoms. The Morgan fingerprint density at radius 1 is 0.941 bits per heavy atom. The molecule has 3 rings (SSSR count). The van der Waals surface area contributed by atoms with Crippen molar-refractivity contribution in [1.29, 1.82) is 0 Å².